The molecule has 3 N–H and O–H groups in total. The van der Waals surface area contributed by atoms with Crippen molar-refractivity contribution in [2.75, 3.05) is 11.1 Å². The van der Waals surface area contributed by atoms with Gasteiger partial charge in [0.1, 0.15) is 0 Å². The van der Waals surface area contributed by atoms with Gasteiger partial charge in [0, 0.05) is 18.1 Å². The summed E-state index contributed by atoms with van der Waals surface area (Å²) in [6.45, 7) is 0. The van der Waals surface area contributed by atoms with Crippen LogP contribution in [-0.2, 0) is 0 Å². The van der Waals surface area contributed by atoms with Crippen LogP contribution in [0.5, 0.6) is 0 Å². The van der Waals surface area contributed by atoms with Gasteiger partial charge in [-0.25, -0.2) is 9.97 Å². The van der Waals surface area contributed by atoms with E-state index in [2.05, 4.69) is 15.3 Å². The first kappa shape index (κ1) is 11.0. The van der Waals surface area contributed by atoms with Crippen molar-refractivity contribution in [3.05, 3.63) is 40.6 Å². The molecule has 0 saturated carbocycles. The standard InChI is InChI=1S/C10H8Cl2N4/c11-7-2-1-6(5-8(7)12)16-10-9(13)14-3-4-15-10/h1-5H,(H2,13,14)(H,15,16). The number of hydrogen-bond acceptors (Lipinski definition) is 4. The van der Waals surface area contributed by atoms with Gasteiger partial charge in [0.05, 0.1) is 10.0 Å². The van der Waals surface area contributed by atoms with Crippen LogP contribution in [-0.4, -0.2) is 9.97 Å². The molecule has 0 saturated heterocycles. The van der Waals surface area contributed by atoms with E-state index in [0.717, 1.165) is 5.69 Å². The number of anilines is 3. The maximum absolute atomic E-state index is 5.88. The Morgan fingerprint density at radius 1 is 1.06 bits per heavy atom. The lowest BCUT2D eigenvalue weighted by molar-refractivity contribution is 1.21. The summed E-state index contributed by atoms with van der Waals surface area (Å²) in [6, 6.07) is 5.17. The van der Waals surface area contributed by atoms with Crippen molar-refractivity contribution >= 4 is 40.5 Å². The molecular formula is C10H8Cl2N4. The zero-order valence-electron chi connectivity index (χ0n) is 8.11. The van der Waals surface area contributed by atoms with Gasteiger partial charge in [-0.05, 0) is 18.2 Å². The molecule has 0 amide bonds. The van der Waals surface area contributed by atoms with E-state index in [9.17, 15) is 0 Å². The number of nitrogens with two attached hydrogens (primary N) is 1. The van der Waals surface area contributed by atoms with E-state index in [4.69, 9.17) is 28.9 Å². The molecule has 2 rings (SSSR count). The minimum atomic E-state index is 0.327. The molecule has 82 valence electrons. The van der Waals surface area contributed by atoms with E-state index in [1.807, 2.05) is 0 Å². The van der Waals surface area contributed by atoms with Crippen LogP contribution in [0.15, 0.2) is 30.6 Å². The fourth-order valence-corrected chi connectivity index (χ4v) is 1.45. The minimum absolute atomic E-state index is 0.327. The Bertz CT molecular complexity index is 516. The Balaban J connectivity index is 2.28. The average Bonchev–Trinajstić information content (AvgIpc) is 2.27. The van der Waals surface area contributed by atoms with Gasteiger partial charge in [0.15, 0.2) is 11.6 Å². The number of hydrogen-bond donors (Lipinski definition) is 2. The first-order valence-corrected chi connectivity index (χ1v) is 5.21. The van der Waals surface area contributed by atoms with Crippen molar-refractivity contribution in [2.45, 2.75) is 0 Å². The summed E-state index contributed by atoms with van der Waals surface area (Å²) in [5, 5.41) is 3.96. The van der Waals surface area contributed by atoms with Crippen molar-refractivity contribution in [1.82, 2.24) is 9.97 Å². The third-order valence-electron chi connectivity index (χ3n) is 1.91. The van der Waals surface area contributed by atoms with Crippen LogP contribution in [0.25, 0.3) is 0 Å². The molecule has 0 unspecified atom stereocenters. The normalized spacial score (nSPS) is 10.1. The summed E-state index contributed by atoms with van der Waals surface area (Å²) < 4.78 is 0. The number of aromatic nitrogens is 2. The number of benzene rings is 1. The first-order chi connectivity index (χ1) is 7.66. The molecule has 16 heavy (non-hydrogen) atoms. The van der Waals surface area contributed by atoms with Crippen molar-refractivity contribution < 1.29 is 0 Å². The third kappa shape index (κ3) is 2.35. The Labute approximate surface area is 102 Å². The molecule has 0 aliphatic carbocycles. The van der Waals surface area contributed by atoms with Crippen LogP contribution < -0.4 is 11.1 Å². The first-order valence-electron chi connectivity index (χ1n) is 4.45. The van der Waals surface area contributed by atoms with Crippen molar-refractivity contribution in [3.8, 4) is 0 Å². The molecule has 0 aliphatic heterocycles. The summed E-state index contributed by atoms with van der Waals surface area (Å²) >= 11 is 11.7. The highest BCUT2D eigenvalue weighted by atomic mass is 35.5. The highest BCUT2D eigenvalue weighted by Gasteiger charge is 2.03. The Kier molecular flexibility index (Phi) is 3.12. The molecule has 1 heterocycles. The van der Waals surface area contributed by atoms with Crippen LogP contribution in [0.2, 0.25) is 10.0 Å². The number of nitrogen functional groups attached to an aromatic ring is 1. The van der Waals surface area contributed by atoms with Gasteiger partial charge in [-0.2, -0.15) is 0 Å². The quantitative estimate of drug-likeness (QED) is 0.865. The van der Waals surface area contributed by atoms with Crippen LogP contribution in [0, 0.1) is 0 Å². The molecule has 4 nitrogen and oxygen atoms in total. The van der Waals surface area contributed by atoms with Gasteiger partial charge < -0.3 is 11.1 Å². The van der Waals surface area contributed by atoms with Gasteiger partial charge in [0.2, 0.25) is 0 Å². The third-order valence-corrected chi connectivity index (χ3v) is 2.65. The van der Waals surface area contributed by atoms with Gasteiger partial charge >= 0.3 is 0 Å². The highest BCUT2D eigenvalue weighted by Crippen LogP contribution is 2.27. The fraction of sp³-hybridized carbons (Fsp3) is 0. The summed E-state index contributed by atoms with van der Waals surface area (Å²) in [5.74, 6) is 0.814. The monoisotopic (exact) mass is 254 g/mol. The largest absolute Gasteiger partial charge is 0.381 e. The summed E-state index contributed by atoms with van der Waals surface area (Å²) in [6.07, 6.45) is 3.07. The zero-order chi connectivity index (χ0) is 11.5. The van der Waals surface area contributed by atoms with E-state index in [1.54, 1.807) is 24.4 Å². The topological polar surface area (TPSA) is 63.8 Å². The van der Waals surface area contributed by atoms with Gasteiger partial charge in [-0.15, -0.1) is 0 Å². The Morgan fingerprint density at radius 3 is 2.50 bits per heavy atom. The summed E-state index contributed by atoms with van der Waals surface area (Å²) in [4.78, 5) is 7.96. The molecular weight excluding hydrogens is 247 g/mol. The lowest BCUT2D eigenvalue weighted by Crippen LogP contribution is -2.00. The van der Waals surface area contributed by atoms with Gasteiger partial charge in [-0.3, -0.25) is 0 Å². The van der Waals surface area contributed by atoms with Crippen molar-refractivity contribution in [2.24, 2.45) is 0 Å². The molecule has 0 bridgehead atoms. The van der Waals surface area contributed by atoms with Crippen molar-refractivity contribution in [3.63, 3.8) is 0 Å². The predicted molar refractivity (Wildman–Crippen MR) is 66.2 cm³/mol. The van der Waals surface area contributed by atoms with E-state index >= 15 is 0 Å². The average molecular weight is 255 g/mol. The molecule has 2 aromatic rings. The molecule has 0 aliphatic rings. The van der Waals surface area contributed by atoms with Crippen LogP contribution in [0.4, 0.5) is 17.3 Å². The maximum Gasteiger partial charge on any atom is 0.173 e. The van der Waals surface area contributed by atoms with Crippen LogP contribution in [0.1, 0.15) is 0 Å². The number of nitrogens with zero attached hydrogens (tertiary/aromatic N) is 2. The van der Waals surface area contributed by atoms with Gasteiger partial charge in [-0.1, -0.05) is 23.2 Å². The van der Waals surface area contributed by atoms with E-state index < -0.39 is 0 Å². The lowest BCUT2D eigenvalue weighted by Gasteiger charge is -2.07. The Hall–Kier alpha value is -1.52. The fourth-order valence-electron chi connectivity index (χ4n) is 1.16. The zero-order valence-corrected chi connectivity index (χ0v) is 9.63. The highest BCUT2D eigenvalue weighted by molar-refractivity contribution is 6.42. The Morgan fingerprint density at radius 2 is 1.81 bits per heavy atom. The predicted octanol–water partition coefficient (Wildman–Crippen LogP) is 3.11. The molecule has 0 atom stereocenters. The van der Waals surface area contributed by atoms with Gasteiger partial charge in [0.25, 0.3) is 0 Å². The second kappa shape index (κ2) is 4.55. The SMILES string of the molecule is Nc1nccnc1Nc1ccc(Cl)c(Cl)c1. The number of rotatable bonds is 2. The molecule has 0 fully saturated rings. The molecule has 0 radical (unpaired) electrons. The lowest BCUT2D eigenvalue weighted by atomic mass is 10.3. The molecule has 1 aromatic heterocycles. The second-order valence-corrected chi connectivity index (χ2v) is 3.86. The van der Waals surface area contributed by atoms with Crippen LogP contribution >= 0.6 is 23.2 Å². The maximum atomic E-state index is 5.88. The minimum Gasteiger partial charge on any atom is -0.381 e. The smallest absolute Gasteiger partial charge is 0.173 e. The second-order valence-electron chi connectivity index (χ2n) is 3.04. The van der Waals surface area contributed by atoms with E-state index in [0.29, 0.717) is 21.7 Å². The summed E-state index contributed by atoms with van der Waals surface area (Å²) in [5.41, 5.74) is 6.39. The van der Waals surface area contributed by atoms with Crippen molar-refractivity contribution in [1.29, 1.82) is 0 Å². The van der Waals surface area contributed by atoms with E-state index in [1.165, 1.54) is 6.20 Å². The van der Waals surface area contributed by atoms with E-state index in [-0.39, 0.29) is 0 Å². The molecule has 1 aromatic carbocycles. The van der Waals surface area contributed by atoms with Crippen LogP contribution in [0.3, 0.4) is 0 Å². The summed E-state index contributed by atoms with van der Waals surface area (Å²) in [7, 11) is 0. The molecule has 0 spiro atoms. The number of nitrogens with one attached hydrogen (secondary N) is 1. The number of halogens is 2. The molecule has 6 heteroatoms.